The molecular weight excluding hydrogens is 457 g/mol. The minimum atomic E-state index is -4.82. The summed E-state index contributed by atoms with van der Waals surface area (Å²) in [5, 5.41) is 0. The van der Waals surface area contributed by atoms with Crippen LogP contribution in [0.3, 0.4) is 0 Å². The summed E-state index contributed by atoms with van der Waals surface area (Å²) in [5.74, 6) is -4.04. The lowest BCUT2D eigenvalue weighted by Crippen LogP contribution is -2.13. The fourth-order valence-corrected chi connectivity index (χ4v) is 3.28. The third-order valence-corrected chi connectivity index (χ3v) is 4.78. The molecule has 11 heteroatoms. The molecule has 1 aromatic carbocycles. The second-order valence-corrected chi connectivity index (χ2v) is 7.14. The number of carbonyl (C=O) groups is 1. The Bertz CT molecular complexity index is 1370. The van der Waals surface area contributed by atoms with Crippen molar-refractivity contribution < 1.29 is 26.7 Å². The van der Waals surface area contributed by atoms with E-state index in [1.165, 1.54) is 42.7 Å². The van der Waals surface area contributed by atoms with Gasteiger partial charge in [-0.25, -0.2) is 23.7 Å². The Kier molecular flexibility index (Phi) is 6.01. The SMILES string of the molecule is Nc1cc(-c2ccncc2CC(=O)c2cccc(-c3c(F)cccc3F)n2)nc(C(F)(F)F)n1. The number of nitrogens with zero attached hydrogens (tertiary/aromatic N) is 4. The summed E-state index contributed by atoms with van der Waals surface area (Å²) in [6.45, 7) is 0. The van der Waals surface area contributed by atoms with Crippen LogP contribution in [-0.4, -0.2) is 25.7 Å². The number of hydrogen-bond acceptors (Lipinski definition) is 6. The molecule has 3 aromatic heterocycles. The second-order valence-electron chi connectivity index (χ2n) is 7.14. The number of benzene rings is 1. The molecule has 0 aliphatic heterocycles. The average molecular weight is 471 g/mol. The summed E-state index contributed by atoms with van der Waals surface area (Å²) in [5.41, 5.74) is 5.29. The average Bonchev–Trinajstić information content (AvgIpc) is 2.78. The second kappa shape index (κ2) is 8.93. The van der Waals surface area contributed by atoms with Gasteiger partial charge in [-0.3, -0.25) is 9.78 Å². The van der Waals surface area contributed by atoms with Gasteiger partial charge in [0.2, 0.25) is 5.82 Å². The third-order valence-electron chi connectivity index (χ3n) is 4.78. The minimum absolute atomic E-state index is 0.0775. The first-order valence-corrected chi connectivity index (χ1v) is 9.73. The molecule has 172 valence electrons. The summed E-state index contributed by atoms with van der Waals surface area (Å²) in [7, 11) is 0. The van der Waals surface area contributed by atoms with Gasteiger partial charge in [0.1, 0.15) is 23.1 Å². The molecule has 0 saturated carbocycles. The Hall–Kier alpha value is -4.28. The van der Waals surface area contributed by atoms with Crippen molar-refractivity contribution in [2.45, 2.75) is 12.6 Å². The normalized spacial score (nSPS) is 11.4. The number of alkyl halides is 3. The van der Waals surface area contributed by atoms with Crippen molar-refractivity contribution in [1.29, 1.82) is 0 Å². The highest BCUT2D eigenvalue weighted by atomic mass is 19.4. The Morgan fingerprint density at radius 1 is 0.912 bits per heavy atom. The van der Waals surface area contributed by atoms with Crippen LogP contribution in [0.15, 0.2) is 60.9 Å². The molecule has 0 aliphatic rings. The summed E-state index contributed by atoms with van der Waals surface area (Å²) >= 11 is 0. The molecule has 0 aliphatic carbocycles. The van der Waals surface area contributed by atoms with E-state index in [4.69, 9.17) is 5.73 Å². The monoisotopic (exact) mass is 471 g/mol. The maximum atomic E-state index is 14.1. The van der Waals surface area contributed by atoms with Gasteiger partial charge < -0.3 is 5.73 Å². The van der Waals surface area contributed by atoms with Gasteiger partial charge in [-0.2, -0.15) is 13.2 Å². The zero-order chi connectivity index (χ0) is 24.5. The zero-order valence-electron chi connectivity index (χ0n) is 17.1. The number of halogens is 5. The van der Waals surface area contributed by atoms with Gasteiger partial charge in [0, 0.05) is 30.4 Å². The molecule has 6 nitrogen and oxygen atoms in total. The van der Waals surface area contributed by atoms with Crippen LogP contribution < -0.4 is 5.73 Å². The molecule has 0 fully saturated rings. The summed E-state index contributed by atoms with van der Waals surface area (Å²) in [4.78, 5) is 27.7. The fourth-order valence-electron chi connectivity index (χ4n) is 3.28. The Morgan fingerprint density at radius 3 is 2.32 bits per heavy atom. The summed E-state index contributed by atoms with van der Waals surface area (Å²) in [6.07, 6.45) is -2.50. The van der Waals surface area contributed by atoms with E-state index >= 15 is 0 Å². The van der Waals surface area contributed by atoms with Gasteiger partial charge in [-0.05, 0) is 35.9 Å². The van der Waals surface area contributed by atoms with Crippen molar-refractivity contribution in [2.75, 3.05) is 5.73 Å². The summed E-state index contributed by atoms with van der Waals surface area (Å²) < 4.78 is 67.6. The van der Waals surface area contributed by atoms with E-state index in [0.29, 0.717) is 0 Å². The van der Waals surface area contributed by atoms with Crippen molar-refractivity contribution in [3.05, 3.63) is 89.6 Å². The van der Waals surface area contributed by atoms with Crippen LogP contribution in [0.5, 0.6) is 0 Å². The standard InChI is InChI=1S/C23H14F5N5O/c24-14-3-1-4-15(25)21(14)17-6-2-5-16(31-17)19(34)9-12-11-30-8-7-13(12)18-10-20(29)33-22(32-18)23(26,27)28/h1-8,10-11H,9H2,(H2,29,32,33). The Labute approximate surface area is 189 Å². The van der Waals surface area contributed by atoms with Crippen molar-refractivity contribution in [3.8, 4) is 22.5 Å². The quantitative estimate of drug-likeness (QED) is 0.329. The molecule has 0 unspecified atom stereocenters. The van der Waals surface area contributed by atoms with Gasteiger partial charge in [0.05, 0.1) is 17.0 Å². The van der Waals surface area contributed by atoms with Crippen molar-refractivity contribution in [2.24, 2.45) is 0 Å². The number of rotatable bonds is 5. The van der Waals surface area contributed by atoms with Crippen molar-refractivity contribution in [1.82, 2.24) is 19.9 Å². The molecule has 0 spiro atoms. The maximum absolute atomic E-state index is 14.1. The Morgan fingerprint density at radius 2 is 1.62 bits per heavy atom. The van der Waals surface area contributed by atoms with E-state index in [1.807, 2.05) is 0 Å². The molecule has 0 bridgehead atoms. The van der Waals surface area contributed by atoms with Crippen molar-refractivity contribution in [3.63, 3.8) is 0 Å². The van der Waals surface area contributed by atoms with Gasteiger partial charge in [0.15, 0.2) is 5.78 Å². The maximum Gasteiger partial charge on any atom is 0.451 e. The predicted octanol–water partition coefficient (Wildman–Crippen LogP) is 4.91. The molecule has 34 heavy (non-hydrogen) atoms. The number of nitrogens with two attached hydrogens (primary N) is 1. The van der Waals surface area contributed by atoms with Gasteiger partial charge >= 0.3 is 6.18 Å². The molecular formula is C23H14F5N5O. The molecule has 0 atom stereocenters. The summed E-state index contributed by atoms with van der Waals surface area (Å²) in [6, 6.07) is 10.0. The number of anilines is 1. The Balaban J connectivity index is 1.69. The van der Waals surface area contributed by atoms with Crippen LogP contribution >= 0.6 is 0 Å². The van der Waals surface area contributed by atoms with Crippen LogP contribution in [0.2, 0.25) is 0 Å². The van der Waals surface area contributed by atoms with Crippen LogP contribution in [0.4, 0.5) is 27.8 Å². The number of carbonyl (C=O) groups excluding carboxylic acids is 1. The number of hydrogen-bond donors (Lipinski definition) is 1. The molecule has 0 saturated heterocycles. The highest BCUT2D eigenvalue weighted by Gasteiger charge is 2.35. The number of ketones is 1. The highest BCUT2D eigenvalue weighted by molar-refractivity contribution is 5.97. The third kappa shape index (κ3) is 4.72. The van der Waals surface area contributed by atoms with E-state index in [1.54, 1.807) is 0 Å². The fraction of sp³-hybridized carbons (Fsp3) is 0.0870. The molecule has 0 amide bonds. The first-order valence-electron chi connectivity index (χ1n) is 9.73. The zero-order valence-corrected chi connectivity index (χ0v) is 17.1. The van der Waals surface area contributed by atoms with Crippen LogP contribution in [-0.2, 0) is 12.6 Å². The lowest BCUT2D eigenvalue weighted by Gasteiger charge is -2.12. The highest BCUT2D eigenvalue weighted by Crippen LogP contribution is 2.31. The topological polar surface area (TPSA) is 94.7 Å². The molecule has 4 aromatic rings. The van der Waals surface area contributed by atoms with Gasteiger partial charge in [-0.1, -0.05) is 12.1 Å². The number of pyridine rings is 2. The number of aromatic nitrogens is 4. The van der Waals surface area contributed by atoms with E-state index in [0.717, 1.165) is 18.2 Å². The van der Waals surface area contributed by atoms with Crippen LogP contribution in [0, 0.1) is 11.6 Å². The number of nitrogen functional groups attached to an aromatic ring is 1. The van der Waals surface area contributed by atoms with Crippen LogP contribution in [0.1, 0.15) is 21.9 Å². The lowest BCUT2D eigenvalue weighted by molar-refractivity contribution is -0.144. The molecule has 0 radical (unpaired) electrons. The molecule has 4 rings (SSSR count). The van der Waals surface area contributed by atoms with E-state index in [-0.39, 0.29) is 40.2 Å². The van der Waals surface area contributed by atoms with Gasteiger partial charge in [0.25, 0.3) is 0 Å². The molecule has 3 heterocycles. The van der Waals surface area contributed by atoms with Crippen molar-refractivity contribution >= 4 is 11.6 Å². The largest absolute Gasteiger partial charge is 0.451 e. The van der Waals surface area contributed by atoms with Crippen LogP contribution in [0.25, 0.3) is 22.5 Å². The first-order chi connectivity index (χ1) is 16.1. The van der Waals surface area contributed by atoms with E-state index in [9.17, 15) is 26.7 Å². The predicted molar refractivity (Wildman–Crippen MR) is 112 cm³/mol. The van der Waals surface area contributed by atoms with Gasteiger partial charge in [-0.15, -0.1) is 0 Å². The number of Topliss-reactive ketones (excluding diaryl/α,β-unsaturated/α-hetero) is 1. The first kappa shape index (κ1) is 22.9. The molecule has 2 N–H and O–H groups in total. The van der Waals surface area contributed by atoms with E-state index < -0.39 is 35.2 Å². The lowest BCUT2D eigenvalue weighted by atomic mass is 10.00. The smallest absolute Gasteiger partial charge is 0.384 e. The van der Waals surface area contributed by atoms with E-state index in [2.05, 4.69) is 19.9 Å². The minimum Gasteiger partial charge on any atom is -0.384 e.